The van der Waals surface area contributed by atoms with Crippen LogP contribution in [0, 0.1) is 0 Å². The highest BCUT2D eigenvalue weighted by atomic mass is 16.6. The molecule has 0 aromatic heterocycles. The Balaban J connectivity index is 1.43. The molecule has 1 aliphatic heterocycles. The van der Waals surface area contributed by atoms with Gasteiger partial charge in [0.2, 0.25) is 0 Å². The number of unbranched alkanes of at least 4 members (excludes halogenated alkanes) is 11. The van der Waals surface area contributed by atoms with Crippen LogP contribution in [0.4, 0.5) is 0 Å². The Morgan fingerprint density at radius 1 is 0.923 bits per heavy atom. The lowest BCUT2D eigenvalue weighted by Crippen LogP contribution is -2.22. The maximum Gasteiger partial charge on any atom is 0.109 e. The van der Waals surface area contributed by atoms with Crippen LogP contribution in [0.5, 0.6) is 0 Å². The summed E-state index contributed by atoms with van der Waals surface area (Å²) in [6.45, 7) is 2.27. The maximum atomic E-state index is 10.9. The number of benzene rings is 1. The summed E-state index contributed by atoms with van der Waals surface area (Å²) in [5.74, 6) is -1.12. The number of ether oxygens (including phenoxy) is 1. The summed E-state index contributed by atoms with van der Waals surface area (Å²) >= 11 is 0. The van der Waals surface area contributed by atoms with Crippen molar-refractivity contribution in [1.29, 1.82) is 0 Å². The topological polar surface area (TPSA) is 52.7 Å². The third kappa shape index (κ3) is 7.90. The average molecular weight is 360 g/mol. The van der Waals surface area contributed by atoms with Gasteiger partial charge < -0.3 is 14.6 Å². The van der Waals surface area contributed by atoms with Gasteiger partial charge in [-0.2, -0.15) is 0 Å². The van der Waals surface area contributed by atoms with Crippen molar-refractivity contribution in [3.05, 3.63) is 35.4 Å². The molecule has 1 heterocycles. The average Bonchev–Trinajstić information content (AvgIpc) is 3.42. The first-order valence-corrected chi connectivity index (χ1v) is 10.7. The van der Waals surface area contributed by atoms with Gasteiger partial charge in [-0.25, -0.2) is 0 Å². The van der Waals surface area contributed by atoms with E-state index < -0.39 is 5.97 Å². The fourth-order valence-corrected chi connectivity index (χ4v) is 3.68. The summed E-state index contributed by atoms with van der Waals surface area (Å²) in [7, 11) is 0. The van der Waals surface area contributed by atoms with Crippen molar-refractivity contribution >= 4 is 5.97 Å². The van der Waals surface area contributed by atoms with E-state index in [0.29, 0.717) is 0 Å². The van der Waals surface area contributed by atoms with Gasteiger partial charge in [0.25, 0.3) is 0 Å². The highest BCUT2D eigenvalue weighted by molar-refractivity contribution is 5.85. The Hall–Kier alpha value is -1.35. The summed E-state index contributed by atoms with van der Waals surface area (Å²) in [4.78, 5) is 10.9. The molecular weight excluding hydrogens is 324 g/mol. The minimum absolute atomic E-state index is 0.0852. The monoisotopic (exact) mass is 359 g/mol. The smallest absolute Gasteiger partial charge is 0.109 e. The quantitative estimate of drug-likeness (QED) is 0.303. The molecule has 26 heavy (non-hydrogen) atoms. The molecule has 1 aromatic rings. The molecule has 1 saturated heterocycles. The van der Waals surface area contributed by atoms with E-state index in [1.165, 1.54) is 77.0 Å². The molecule has 0 aliphatic carbocycles. The molecule has 2 rings (SSSR count). The first-order valence-electron chi connectivity index (χ1n) is 10.7. The Labute approximate surface area is 159 Å². The van der Waals surface area contributed by atoms with Crippen molar-refractivity contribution in [2.24, 2.45) is 0 Å². The fraction of sp³-hybridized carbons (Fsp3) is 0.696. The van der Waals surface area contributed by atoms with Crippen LogP contribution in [0.1, 0.15) is 112 Å². The minimum Gasteiger partial charge on any atom is -0.545 e. The molecule has 0 spiro atoms. The van der Waals surface area contributed by atoms with Gasteiger partial charge in [-0.1, -0.05) is 102 Å². The van der Waals surface area contributed by atoms with Crippen LogP contribution in [-0.4, -0.2) is 12.1 Å². The summed E-state index contributed by atoms with van der Waals surface area (Å²) in [6, 6.07) is 6.96. The summed E-state index contributed by atoms with van der Waals surface area (Å²) in [6.07, 6.45) is 17.8. The van der Waals surface area contributed by atoms with Gasteiger partial charge in [-0.05, 0) is 23.6 Å². The van der Waals surface area contributed by atoms with E-state index in [2.05, 4.69) is 6.92 Å². The van der Waals surface area contributed by atoms with E-state index >= 15 is 0 Å². The van der Waals surface area contributed by atoms with E-state index in [1.54, 1.807) is 18.2 Å². The predicted octanol–water partition coefficient (Wildman–Crippen LogP) is 5.58. The molecule has 1 aromatic carbocycles. The minimum atomic E-state index is -1.12. The number of aromatic carboxylic acids is 1. The van der Waals surface area contributed by atoms with Gasteiger partial charge in [0.1, 0.15) is 6.10 Å². The Morgan fingerprint density at radius 3 is 2.08 bits per heavy atom. The van der Waals surface area contributed by atoms with Crippen LogP contribution in [-0.2, 0) is 4.74 Å². The second-order valence-corrected chi connectivity index (χ2v) is 7.69. The first kappa shape index (κ1) is 21.0. The number of hydrogen-bond donors (Lipinski definition) is 0. The SMILES string of the molecule is CCCCCCCCCCCCCCC1OC1c1cccc(C(=O)[O-])c1. The van der Waals surface area contributed by atoms with E-state index in [9.17, 15) is 9.90 Å². The number of epoxide rings is 1. The lowest BCUT2D eigenvalue weighted by atomic mass is 10.0. The highest BCUT2D eigenvalue weighted by Gasteiger charge is 2.39. The zero-order chi connectivity index (χ0) is 18.6. The molecule has 3 nitrogen and oxygen atoms in total. The number of carbonyl (C=O) groups excluding carboxylic acids is 1. The lowest BCUT2D eigenvalue weighted by molar-refractivity contribution is -0.255. The van der Waals surface area contributed by atoms with Crippen LogP contribution in [0.15, 0.2) is 24.3 Å². The van der Waals surface area contributed by atoms with Crippen LogP contribution in [0.3, 0.4) is 0 Å². The Kier molecular flexibility index (Phi) is 9.76. The normalized spacial score (nSPS) is 18.8. The summed E-state index contributed by atoms with van der Waals surface area (Å²) in [5, 5.41) is 10.9. The third-order valence-electron chi connectivity index (χ3n) is 5.38. The van der Waals surface area contributed by atoms with Crippen molar-refractivity contribution < 1.29 is 14.6 Å². The maximum absolute atomic E-state index is 10.9. The molecular formula is C23H35O3-. The highest BCUT2D eigenvalue weighted by Crippen LogP contribution is 2.41. The van der Waals surface area contributed by atoms with Gasteiger partial charge in [-0.15, -0.1) is 0 Å². The van der Waals surface area contributed by atoms with Gasteiger partial charge in [-0.3, -0.25) is 0 Å². The molecule has 0 saturated carbocycles. The predicted molar refractivity (Wildman–Crippen MR) is 104 cm³/mol. The standard InChI is InChI=1S/C23H36O3/c1-2-3-4-5-6-7-8-9-10-11-12-13-17-21-22(26-21)19-15-14-16-20(18-19)23(24)25/h14-16,18,21-22H,2-13,17H2,1H3,(H,24,25)/p-1. The van der Waals surface area contributed by atoms with Crippen molar-refractivity contribution in [3.63, 3.8) is 0 Å². The van der Waals surface area contributed by atoms with Crippen LogP contribution in [0.2, 0.25) is 0 Å². The third-order valence-corrected chi connectivity index (χ3v) is 5.38. The zero-order valence-corrected chi connectivity index (χ0v) is 16.4. The Bertz CT molecular complexity index is 526. The molecule has 2 atom stereocenters. The molecule has 0 N–H and O–H groups in total. The van der Waals surface area contributed by atoms with E-state index in [-0.39, 0.29) is 17.8 Å². The molecule has 1 fully saturated rings. The lowest BCUT2D eigenvalue weighted by Gasteiger charge is -2.04. The second-order valence-electron chi connectivity index (χ2n) is 7.69. The molecule has 146 valence electrons. The molecule has 0 amide bonds. The van der Waals surface area contributed by atoms with Gasteiger partial charge >= 0.3 is 0 Å². The van der Waals surface area contributed by atoms with Crippen LogP contribution >= 0.6 is 0 Å². The molecule has 3 heteroatoms. The number of carboxylic acids is 1. The number of carboxylic acid groups (broad SMARTS) is 1. The molecule has 0 bridgehead atoms. The van der Waals surface area contributed by atoms with Gasteiger partial charge in [0.05, 0.1) is 12.1 Å². The van der Waals surface area contributed by atoms with Crippen molar-refractivity contribution in [1.82, 2.24) is 0 Å². The molecule has 2 unspecified atom stereocenters. The molecule has 1 aliphatic rings. The zero-order valence-electron chi connectivity index (χ0n) is 16.4. The van der Waals surface area contributed by atoms with Gasteiger partial charge in [0, 0.05) is 0 Å². The Morgan fingerprint density at radius 2 is 1.50 bits per heavy atom. The number of rotatable bonds is 15. The first-order chi connectivity index (χ1) is 12.7. The van der Waals surface area contributed by atoms with Crippen molar-refractivity contribution in [2.45, 2.75) is 103 Å². The second kappa shape index (κ2) is 12.1. The van der Waals surface area contributed by atoms with Crippen molar-refractivity contribution in [2.75, 3.05) is 0 Å². The number of hydrogen-bond acceptors (Lipinski definition) is 3. The van der Waals surface area contributed by atoms with Gasteiger partial charge in [0.15, 0.2) is 0 Å². The summed E-state index contributed by atoms with van der Waals surface area (Å²) < 4.78 is 5.72. The van der Waals surface area contributed by atoms with E-state index in [4.69, 9.17) is 4.74 Å². The summed E-state index contributed by atoms with van der Waals surface area (Å²) in [5.41, 5.74) is 1.21. The largest absolute Gasteiger partial charge is 0.545 e. The number of carbonyl (C=O) groups is 1. The van der Waals surface area contributed by atoms with Crippen LogP contribution in [0.25, 0.3) is 0 Å². The fourth-order valence-electron chi connectivity index (χ4n) is 3.68. The van der Waals surface area contributed by atoms with E-state index in [1.807, 2.05) is 6.07 Å². The van der Waals surface area contributed by atoms with Crippen molar-refractivity contribution in [3.8, 4) is 0 Å². The van der Waals surface area contributed by atoms with E-state index in [0.717, 1.165) is 12.0 Å². The van der Waals surface area contributed by atoms with Crippen LogP contribution < -0.4 is 5.11 Å². The molecule has 0 radical (unpaired) electrons.